The summed E-state index contributed by atoms with van der Waals surface area (Å²) in [6, 6.07) is 10.4. The number of aliphatic imine (C=N–C) groups is 1. The number of thiazole rings is 1. The van der Waals surface area contributed by atoms with Crippen LogP contribution < -0.4 is 10.6 Å². The quantitative estimate of drug-likeness (QED) is 0.498. The largest absolute Gasteiger partial charge is 0.357 e. The lowest BCUT2D eigenvalue weighted by atomic mass is 10.2. The summed E-state index contributed by atoms with van der Waals surface area (Å²) in [7, 11) is 0. The number of nitrogens with one attached hydrogen (secondary N) is 3. The highest BCUT2D eigenvalue weighted by Gasteiger charge is 2.03. The van der Waals surface area contributed by atoms with Gasteiger partial charge in [-0.05, 0) is 31.4 Å². The van der Waals surface area contributed by atoms with Gasteiger partial charge in [0.25, 0.3) is 0 Å². The molecule has 0 spiro atoms. The van der Waals surface area contributed by atoms with E-state index in [-0.39, 0.29) is 0 Å². The number of fused-ring (bicyclic) bond motifs is 1. The fourth-order valence-electron chi connectivity index (χ4n) is 2.37. The summed E-state index contributed by atoms with van der Waals surface area (Å²) in [5, 5.41) is 8.88. The fraction of sp³-hybridized carbons (Fsp3) is 0.294. The number of rotatable bonds is 5. The molecule has 0 atom stereocenters. The number of H-pyrrole nitrogens is 1. The summed E-state index contributed by atoms with van der Waals surface area (Å²) in [5.74, 6) is 0.805. The molecule has 0 radical (unpaired) electrons. The number of aryl methyl sites for hydroxylation is 1. The highest BCUT2D eigenvalue weighted by Crippen LogP contribution is 2.15. The molecule has 0 bridgehead atoms. The molecule has 0 fully saturated rings. The van der Waals surface area contributed by atoms with Gasteiger partial charge in [0, 0.05) is 28.8 Å². The van der Waals surface area contributed by atoms with Gasteiger partial charge in [-0.3, -0.25) is 0 Å². The van der Waals surface area contributed by atoms with Crippen LogP contribution in [-0.2, 0) is 13.1 Å². The van der Waals surface area contributed by atoms with Gasteiger partial charge >= 0.3 is 0 Å². The van der Waals surface area contributed by atoms with Crippen molar-refractivity contribution in [3.05, 3.63) is 52.1 Å². The van der Waals surface area contributed by atoms with Crippen molar-refractivity contribution in [3.63, 3.8) is 0 Å². The van der Waals surface area contributed by atoms with Gasteiger partial charge in [-0.2, -0.15) is 0 Å². The maximum Gasteiger partial charge on any atom is 0.191 e. The molecule has 3 N–H and O–H groups in total. The van der Waals surface area contributed by atoms with Crippen LogP contribution in [0.3, 0.4) is 0 Å². The average Bonchev–Trinajstić information content (AvgIpc) is 3.15. The number of hydrogen-bond acceptors (Lipinski definition) is 3. The standard InChI is InChI=1S/C17H21N5S/c1-3-18-17(21-11-16-19-9-12(2)23-16)20-10-14-8-13-6-4-5-7-15(13)22-14/h4-9,22H,3,10-11H2,1-2H3,(H2,18,20,21). The van der Waals surface area contributed by atoms with Crippen molar-refractivity contribution in [2.45, 2.75) is 26.9 Å². The van der Waals surface area contributed by atoms with Crippen molar-refractivity contribution in [1.29, 1.82) is 0 Å². The fourth-order valence-corrected chi connectivity index (χ4v) is 3.09. The molecule has 120 valence electrons. The highest BCUT2D eigenvalue weighted by atomic mass is 32.1. The Morgan fingerprint density at radius 1 is 1.30 bits per heavy atom. The highest BCUT2D eigenvalue weighted by molar-refractivity contribution is 7.11. The van der Waals surface area contributed by atoms with Crippen molar-refractivity contribution in [2.24, 2.45) is 4.99 Å². The maximum atomic E-state index is 4.64. The first-order valence-electron chi connectivity index (χ1n) is 7.74. The number of hydrogen-bond donors (Lipinski definition) is 3. The van der Waals surface area contributed by atoms with E-state index in [9.17, 15) is 0 Å². The Kier molecular flexibility index (Phi) is 4.92. The average molecular weight is 327 g/mol. The third-order valence-electron chi connectivity index (χ3n) is 3.41. The molecule has 3 aromatic rings. The molecule has 2 heterocycles. The topological polar surface area (TPSA) is 65.1 Å². The molecule has 1 aromatic carbocycles. The molecule has 0 aliphatic rings. The predicted octanol–water partition coefficient (Wildman–Crippen LogP) is 3.19. The van der Waals surface area contributed by atoms with Gasteiger partial charge in [0.05, 0.1) is 13.1 Å². The van der Waals surface area contributed by atoms with Crippen LogP contribution in [0, 0.1) is 6.92 Å². The van der Waals surface area contributed by atoms with Crippen LogP contribution in [0.15, 0.2) is 41.5 Å². The first kappa shape index (κ1) is 15.6. The third-order valence-corrected chi connectivity index (χ3v) is 4.33. The molecule has 0 aliphatic carbocycles. The molecule has 6 heteroatoms. The molecular formula is C17H21N5S. The summed E-state index contributed by atoms with van der Waals surface area (Å²) < 4.78 is 0. The number of nitrogens with zero attached hydrogens (tertiary/aromatic N) is 2. The van der Waals surface area contributed by atoms with Gasteiger partial charge in [-0.1, -0.05) is 18.2 Å². The van der Waals surface area contributed by atoms with Crippen LogP contribution in [0.2, 0.25) is 0 Å². The van der Waals surface area contributed by atoms with Gasteiger partial charge in [0.2, 0.25) is 0 Å². The molecular weight excluding hydrogens is 306 g/mol. The number of aromatic amines is 1. The van der Waals surface area contributed by atoms with Crippen molar-refractivity contribution >= 4 is 28.2 Å². The summed E-state index contributed by atoms with van der Waals surface area (Å²) >= 11 is 1.70. The molecule has 0 aliphatic heterocycles. The van der Waals surface area contributed by atoms with Crippen molar-refractivity contribution in [1.82, 2.24) is 20.6 Å². The minimum atomic E-state index is 0.612. The van der Waals surface area contributed by atoms with Crippen molar-refractivity contribution in [3.8, 4) is 0 Å². The Balaban J connectivity index is 1.65. The second-order valence-electron chi connectivity index (χ2n) is 5.30. The van der Waals surface area contributed by atoms with E-state index in [1.807, 2.05) is 18.3 Å². The van der Waals surface area contributed by atoms with E-state index in [4.69, 9.17) is 0 Å². The van der Waals surface area contributed by atoms with E-state index in [2.05, 4.69) is 57.6 Å². The predicted molar refractivity (Wildman–Crippen MR) is 96.8 cm³/mol. The van der Waals surface area contributed by atoms with Crippen molar-refractivity contribution in [2.75, 3.05) is 6.54 Å². The molecule has 23 heavy (non-hydrogen) atoms. The first-order chi connectivity index (χ1) is 11.2. The Morgan fingerprint density at radius 2 is 2.17 bits per heavy atom. The number of benzene rings is 1. The van der Waals surface area contributed by atoms with Crippen molar-refractivity contribution < 1.29 is 0 Å². The lowest BCUT2D eigenvalue weighted by molar-refractivity contribution is 0.809. The van der Waals surface area contributed by atoms with Gasteiger partial charge in [-0.15, -0.1) is 11.3 Å². The second-order valence-corrected chi connectivity index (χ2v) is 6.61. The minimum absolute atomic E-state index is 0.612. The third kappa shape index (κ3) is 4.10. The normalized spacial score (nSPS) is 11.8. The summed E-state index contributed by atoms with van der Waals surface area (Å²) in [6.07, 6.45) is 1.90. The zero-order chi connectivity index (χ0) is 16.1. The van der Waals surface area contributed by atoms with Gasteiger partial charge in [0.1, 0.15) is 5.01 Å². The monoisotopic (exact) mass is 327 g/mol. The van der Waals surface area contributed by atoms with Crippen LogP contribution >= 0.6 is 11.3 Å². The van der Waals surface area contributed by atoms with Gasteiger partial charge in [0.15, 0.2) is 5.96 Å². The van der Waals surface area contributed by atoms with Crippen LogP contribution in [-0.4, -0.2) is 22.5 Å². The maximum absolute atomic E-state index is 4.64. The Bertz CT molecular complexity index is 769. The van der Waals surface area contributed by atoms with E-state index >= 15 is 0 Å². The smallest absolute Gasteiger partial charge is 0.191 e. The summed E-state index contributed by atoms with van der Waals surface area (Å²) in [6.45, 7) is 6.26. The molecule has 0 saturated heterocycles. The van der Waals surface area contributed by atoms with E-state index < -0.39 is 0 Å². The van der Waals surface area contributed by atoms with Crippen LogP contribution in [0.4, 0.5) is 0 Å². The van der Waals surface area contributed by atoms with E-state index in [0.717, 1.165) is 28.7 Å². The van der Waals surface area contributed by atoms with E-state index in [1.54, 1.807) is 11.3 Å². The zero-order valence-corrected chi connectivity index (χ0v) is 14.2. The van der Waals surface area contributed by atoms with E-state index in [1.165, 1.54) is 10.3 Å². The van der Waals surface area contributed by atoms with Gasteiger partial charge < -0.3 is 15.6 Å². The molecule has 5 nitrogen and oxygen atoms in total. The lowest BCUT2D eigenvalue weighted by Gasteiger charge is -2.09. The molecule has 0 amide bonds. The van der Waals surface area contributed by atoms with Crippen LogP contribution in [0.25, 0.3) is 10.9 Å². The zero-order valence-electron chi connectivity index (χ0n) is 13.4. The summed E-state index contributed by atoms with van der Waals surface area (Å²) in [4.78, 5) is 13.6. The SMILES string of the molecule is CCNC(=NCc1cc2ccccc2[nH]1)NCc1ncc(C)s1. The van der Waals surface area contributed by atoms with Gasteiger partial charge in [-0.25, -0.2) is 9.98 Å². The number of aromatic nitrogens is 2. The van der Waals surface area contributed by atoms with Crippen LogP contribution in [0.5, 0.6) is 0 Å². The first-order valence-corrected chi connectivity index (χ1v) is 8.56. The minimum Gasteiger partial charge on any atom is -0.357 e. The molecule has 2 aromatic heterocycles. The lowest BCUT2D eigenvalue weighted by Crippen LogP contribution is -2.36. The summed E-state index contributed by atoms with van der Waals surface area (Å²) in [5.41, 5.74) is 2.25. The Morgan fingerprint density at radius 3 is 2.91 bits per heavy atom. The number of para-hydroxylation sites is 1. The molecule has 3 rings (SSSR count). The van der Waals surface area contributed by atoms with E-state index in [0.29, 0.717) is 13.1 Å². The molecule has 0 unspecified atom stereocenters. The Hall–Kier alpha value is -2.34. The number of guanidine groups is 1. The Labute approximate surface area is 139 Å². The second kappa shape index (κ2) is 7.28. The molecule has 0 saturated carbocycles. The van der Waals surface area contributed by atoms with Crippen LogP contribution in [0.1, 0.15) is 22.5 Å².